The summed E-state index contributed by atoms with van der Waals surface area (Å²) >= 11 is 0. The Balaban J connectivity index is 1.27. The molecule has 17 unspecified atom stereocenters. The average Bonchev–Trinajstić information content (AvgIpc) is 0.783. The molecule has 3 rings (SSSR count). The molecule has 0 aromatic rings. The van der Waals surface area contributed by atoms with Crippen LogP contribution in [0.1, 0.15) is 303 Å². The first kappa shape index (κ1) is 91.4. The van der Waals surface area contributed by atoms with Gasteiger partial charge in [0.2, 0.25) is 5.91 Å². The van der Waals surface area contributed by atoms with Gasteiger partial charge in [0, 0.05) is 6.42 Å². The van der Waals surface area contributed by atoms with E-state index in [-0.39, 0.29) is 18.9 Å². The van der Waals surface area contributed by atoms with Crippen LogP contribution < -0.4 is 5.32 Å². The van der Waals surface area contributed by atoms with Crippen LogP contribution in [0.2, 0.25) is 0 Å². The minimum absolute atomic E-state index is 0.238. The Morgan fingerprint density at radius 2 is 0.700 bits per heavy atom. The Bertz CT molecular complexity index is 2090. The van der Waals surface area contributed by atoms with Gasteiger partial charge in [-0.25, -0.2) is 0 Å². The molecule has 0 bridgehead atoms. The summed E-state index contributed by atoms with van der Waals surface area (Å²) in [5.74, 6) is -0.282. The van der Waals surface area contributed by atoms with E-state index in [4.69, 9.17) is 28.4 Å². The van der Waals surface area contributed by atoms with E-state index in [9.17, 15) is 61.0 Å². The van der Waals surface area contributed by atoms with Crippen molar-refractivity contribution >= 4 is 5.91 Å². The fourth-order valence-corrected chi connectivity index (χ4v) is 13.3. The van der Waals surface area contributed by atoms with Crippen LogP contribution in [-0.2, 0) is 33.2 Å². The van der Waals surface area contributed by atoms with Crippen molar-refractivity contribution in [1.29, 1.82) is 0 Å². The number of amides is 1. The zero-order valence-electron chi connectivity index (χ0n) is 62.2. The van der Waals surface area contributed by atoms with Crippen molar-refractivity contribution in [2.45, 2.75) is 407 Å². The highest BCUT2D eigenvalue weighted by Gasteiger charge is 2.54. The summed E-state index contributed by atoms with van der Waals surface area (Å²) in [4.78, 5) is 13.4. The van der Waals surface area contributed by atoms with Crippen molar-refractivity contribution < 1.29 is 89.4 Å². The van der Waals surface area contributed by atoms with E-state index in [1.807, 2.05) is 6.08 Å². The molecule has 0 aliphatic carbocycles. The first-order chi connectivity index (χ1) is 48.8. The number of aliphatic hydroxyl groups excluding tert-OH is 11. The van der Waals surface area contributed by atoms with Crippen LogP contribution >= 0.6 is 0 Å². The van der Waals surface area contributed by atoms with Gasteiger partial charge in [0.1, 0.15) is 73.2 Å². The summed E-state index contributed by atoms with van der Waals surface area (Å²) in [6.45, 7) is 1.61. The molecular formula is C81H145NO18. The van der Waals surface area contributed by atoms with Gasteiger partial charge in [0.05, 0.1) is 38.6 Å². The van der Waals surface area contributed by atoms with Crippen molar-refractivity contribution in [2.24, 2.45) is 0 Å². The predicted molar refractivity (Wildman–Crippen MR) is 397 cm³/mol. The number of hydrogen-bond donors (Lipinski definition) is 12. The molecule has 3 aliphatic rings. The Morgan fingerprint density at radius 3 is 1.12 bits per heavy atom. The highest BCUT2D eigenvalue weighted by molar-refractivity contribution is 5.76. The van der Waals surface area contributed by atoms with Crippen molar-refractivity contribution in [3.8, 4) is 0 Å². The second kappa shape index (κ2) is 61.4. The standard InChI is InChI=1S/C81H145NO18/c1-3-5-7-9-11-13-15-17-19-20-21-22-23-24-25-26-27-28-29-30-31-32-33-34-35-36-37-38-39-40-41-42-43-44-45-47-49-51-53-55-57-59-69(87)82-64(65(86)58-56-54-52-50-48-46-18-16-14-12-10-8-6-4-2)63-95-79-75(93)72(90)77(67(61-84)97-79)100-81-76(94)73(91)78(68(62-85)98-81)99-80-74(92)71(89)70(88)66(60-83)96-80/h5,7,11,13,17,19,21-22,48,50,56,58,64-68,70-81,83-86,88-94H,3-4,6,8-10,12,14-16,18,20,23-47,49,51-55,57,59-63H2,1-2H3,(H,82,87)/b7-5-,13-11-,19-17-,22-21-,50-48+,58-56+. The number of hydrogen-bond acceptors (Lipinski definition) is 18. The molecule has 0 radical (unpaired) electrons. The SMILES string of the molecule is CC/C=C\C/C=C\C/C=C\C/C=C\CCCCCCCCCCCCCCCCCCCCCCCCCCCCCCC(=O)NC(COC1OC(CO)C(OC2OC(CO)C(OC3OC(CO)C(O)C(O)C3O)C(O)C2O)C(O)C1O)C(O)/C=C/CC/C=C/CCCCCCCCCC. The maximum absolute atomic E-state index is 13.4. The number of carbonyl (C=O) groups excluding carboxylic acids is 1. The number of nitrogens with one attached hydrogen (secondary N) is 1. The molecule has 3 saturated heterocycles. The average molecular weight is 1420 g/mol. The molecule has 0 saturated carbocycles. The Labute approximate surface area is 604 Å². The van der Waals surface area contributed by atoms with Gasteiger partial charge >= 0.3 is 0 Å². The van der Waals surface area contributed by atoms with Gasteiger partial charge in [-0.15, -0.1) is 0 Å². The highest BCUT2D eigenvalue weighted by atomic mass is 16.8. The lowest BCUT2D eigenvalue weighted by Crippen LogP contribution is -2.66. The Kier molecular flexibility index (Phi) is 56.1. The molecule has 100 heavy (non-hydrogen) atoms. The number of unbranched alkanes of at least 4 members (excludes halogenated alkanes) is 37. The van der Waals surface area contributed by atoms with Crippen LogP contribution in [0.15, 0.2) is 72.9 Å². The second-order valence-electron chi connectivity index (χ2n) is 28.5. The molecule has 0 aromatic carbocycles. The summed E-state index contributed by atoms with van der Waals surface area (Å²) in [6, 6.07) is -0.990. The number of aliphatic hydroxyl groups is 11. The van der Waals surface area contributed by atoms with E-state index >= 15 is 0 Å². The number of allylic oxidation sites excluding steroid dienone is 11. The maximum atomic E-state index is 13.4. The minimum atomic E-state index is -1.98. The van der Waals surface area contributed by atoms with Crippen LogP contribution in [0.25, 0.3) is 0 Å². The maximum Gasteiger partial charge on any atom is 0.220 e. The quantitative estimate of drug-likeness (QED) is 0.0199. The Morgan fingerprint density at radius 1 is 0.370 bits per heavy atom. The molecule has 582 valence electrons. The van der Waals surface area contributed by atoms with Crippen molar-refractivity contribution in [1.82, 2.24) is 5.32 Å². The first-order valence-corrected chi connectivity index (χ1v) is 40.2. The third-order valence-corrected chi connectivity index (χ3v) is 19.7. The molecule has 3 fully saturated rings. The topological polar surface area (TPSA) is 307 Å². The van der Waals surface area contributed by atoms with Crippen molar-refractivity contribution in [3.63, 3.8) is 0 Å². The van der Waals surface area contributed by atoms with E-state index in [1.165, 1.54) is 205 Å². The fourth-order valence-electron chi connectivity index (χ4n) is 13.3. The molecule has 0 spiro atoms. The summed E-state index contributed by atoms with van der Waals surface area (Å²) in [7, 11) is 0. The number of carbonyl (C=O) groups is 1. The van der Waals surface area contributed by atoms with Crippen LogP contribution in [0.3, 0.4) is 0 Å². The van der Waals surface area contributed by atoms with Gasteiger partial charge < -0.3 is 89.9 Å². The van der Waals surface area contributed by atoms with Crippen LogP contribution in [-0.4, -0.2) is 193 Å². The van der Waals surface area contributed by atoms with E-state index in [0.29, 0.717) is 12.8 Å². The molecule has 19 heteroatoms. The molecule has 17 atom stereocenters. The van der Waals surface area contributed by atoms with Gasteiger partial charge in [0.25, 0.3) is 0 Å². The van der Waals surface area contributed by atoms with Gasteiger partial charge in [-0.2, -0.15) is 0 Å². The van der Waals surface area contributed by atoms with E-state index < -0.39 is 124 Å². The number of rotatable bonds is 63. The predicted octanol–water partition coefficient (Wildman–Crippen LogP) is 13.2. The van der Waals surface area contributed by atoms with Crippen LogP contribution in [0.4, 0.5) is 0 Å². The van der Waals surface area contributed by atoms with Crippen LogP contribution in [0, 0.1) is 0 Å². The van der Waals surface area contributed by atoms with Gasteiger partial charge in [-0.3, -0.25) is 4.79 Å². The summed E-state index contributed by atoms with van der Waals surface area (Å²) in [5, 5.41) is 121. The number of ether oxygens (including phenoxy) is 6. The summed E-state index contributed by atoms with van der Waals surface area (Å²) < 4.78 is 34.4. The normalized spacial score (nSPS) is 26.8. The van der Waals surface area contributed by atoms with Gasteiger partial charge in [-0.1, -0.05) is 299 Å². The molecule has 12 N–H and O–H groups in total. The lowest BCUT2D eigenvalue weighted by molar-refractivity contribution is -0.379. The zero-order valence-corrected chi connectivity index (χ0v) is 62.2. The lowest BCUT2D eigenvalue weighted by atomic mass is 9.96. The Hall–Kier alpha value is -2.77. The third kappa shape index (κ3) is 41.2. The van der Waals surface area contributed by atoms with Crippen molar-refractivity contribution in [2.75, 3.05) is 26.4 Å². The third-order valence-electron chi connectivity index (χ3n) is 19.7. The minimum Gasteiger partial charge on any atom is -0.394 e. The van der Waals surface area contributed by atoms with Crippen molar-refractivity contribution in [3.05, 3.63) is 72.9 Å². The summed E-state index contributed by atoms with van der Waals surface area (Å²) in [5.41, 5.74) is 0. The molecule has 3 heterocycles. The fraction of sp³-hybridized carbons (Fsp3) is 0.840. The first-order valence-electron chi connectivity index (χ1n) is 40.2. The zero-order chi connectivity index (χ0) is 72.5. The lowest BCUT2D eigenvalue weighted by Gasteiger charge is -2.48. The highest BCUT2D eigenvalue weighted by Crippen LogP contribution is 2.33. The summed E-state index contributed by atoms with van der Waals surface area (Å²) in [6.07, 6.45) is 53.6. The second-order valence-corrected chi connectivity index (χ2v) is 28.5. The largest absolute Gasteiger partial charge is 0.394 e. The molecular weight excluding hydrogens is 1270 g/mol. The van der Waals surface area contributed by atoms with E-state index in [1.54, 1.807) is 6.08 Å². The molecule has 0 aromatic heterocycles. The molecule has 3 aliphatic heterocycles. The monoisotopic (exact) mass is 1420 g/mol. The van der Waals surface area contributed by atoms with Gasteiger partial charge in [-0.05, 0) is 70.6 Å². The molecule has 1 amide bonds. The van der Waals surface area contributed by atoms with E-state index in [0.717, 1.165) is 64.2 Å². The van der Waals surface area contributed by atoms with Gasteiger partial charge in [0.15, 0.2) is 18.9 Å². The van der Waals surface area contributed by atoms with E-state index in [2.05, 4.69) is 79.9 Å². The smallest absolute Gasteiger partial charge is 0.220 e. The molecule has 19 nitrogen and oxygen atoms in total. The van der Waals surface area contributed by atoms with Crippen LogP contribution in [0.5, 0.6) is 0 Å².